The zero-order chi connectivity index (χ0) is 20.2. The van der Waals surface area contributed by atoms with Gasteiger partial charge in [-0.1, -0.05) is 18.2 Å². The van der Waals surface area contributed by atoms with E-state index in [1.54, 1.807) is 25.2 Å². The summed E-state index contributed by atoms with van der Waals surface area (Å²) in [5.41, 5.74) is 0. The van der Waals surface area contributed by atoms with Gasteiger partial charge >= 0.3 is 0 Å². The maximum atomic E-state index is 12.1. The maximum absolute atomic E-state index is 12.1. The first-order valence-electron chi connectivity index (χ1n) is 10.1. The minimum atomic E-state index is -0.0737. The number of likely N-dealkylation sites (tertiary alicyclic amines) is 1. The normalized spacial score (nSPS) is 24.7. The maximum Gasteiger partial charge on any atom is 0.282 e. The number of hydrogen-bond donors (Lipinski definition) is 1. The molecule has 2 aliphatic heterocycles. The summed E-state index contributed by atoms with van der Waals surface area (Å²) in [5, 5.41) is 3.96. The number of amides is 1. The number of piperidine rings is 1. The molecule has 1 N–H and O–H groups in total. The Morgan fingerprint density at radius 3 is 2.69 bits per heavy atom. The van der Waals surface area contributed by atoms with Crippen molar-refractivity contribution in [2.45, 2.75) is 31.3 Å². The lowest BCUT2D eigenvalue weighted by atomic mass is 9.95. The average molecular weight is 417 g/mol. The van der Waals surface area contributed by atoms with Crippen LogP contribution in [0.15, 0.2) is 36.5 Å². The summed E-state index contributed by atoms with van der Waals surface area (Å²) in [6.07, 6.45) is 3.02. The lowest BCUT2D eigenvalue weighted by molar-refractivity contribution is -0.0929. The molecule has 2 aliphatic rings. The largest absolute Gasteiger partial charge is 0.487 e. The van der Waals surface area contributed by atoms with E-state index in [1.165, 1.54) is 17.8 Å². The molecule has 2 saturated heterocycles. The van der Waals surface area contributed by atoms with Crippen LogP contribution in [0.3, 0.4) is 0 Å². The van der Waals surface area contributed by atoms with Crippen molar-refractivity contribution in [1.82, 2.24) is 20.1 Å². The van der Waals surface area contributed by atoms with Crippen LogP contribution in [0.1, 0.15) is 21.1 Å². The topological polar surface area (TPSA) is 66.9 Å². The summed E-state index contributed by atoms with van der Waals surface area (Å²) in [5.74, 6) is 0.815. The second-order valence-corrected chi connectivity index (χ2v) is 8.80. The van der Waals surface area contributed by atoms with Crippen LogP contribution in [-0.4, -0.2) is 79.2 Å². The second-order valence-electron chi connectivity index (χ2n) is 7.69. The number of para-hydroxylation sites is 1. The third kappa shape index (κ3) is 4.78. The van der Waals surface area contributed by atoms with Crippen LogP contribution in [0.4, 0.5) is 0 Å². The van der Waals surface area contributed by atoms with Crippen LogP contribution < -0.4 is 10.1 Å². The number of nitrogens with zero attached hydrogens (tertiary/aromatic N) is 3. The summed E-state index contributed by atoms with van der Waals surface area (Å²) < 4.78 is 12.6. The number of carbonyl (C=O) groups excluding carboxylic acids is 1. The van der Waals surface area contributed by atoms with Crippen molar-refractivity contribution in [2.75, 3.05) is 40.3 Å². The van der Waals surface area contributed by atoms with E-state index in [0.717, 1.165) is 36.8 Å². The number of benzene rings is 1. The first-order chi connectivity index (χ1) is 14.1. The molecule has 8 heteroatoms. The van der Waals surface area contributed by atoms with Gasteiger partial charge in [-0.15, -0.1) is 11.3 Å². The van der Waals surface area contributed by atoms with Gasteiger partial charge in [0.25, 0.3) is 5.91 Å². The highest BCUT2D eigenvalue weighted by Crippen LogP contribution is 2.26. The Bertz CT molecular complexity index is 809. The third-order valence-electron chi connectivity index (χ3n) is 5.38. The second kappa shape index (κ2) is 9.21. The molecular formula is C21H28N4O3S. The van der Waals surface area contributed by atoms with E-state index >= 15 is 0 Å². The molecule has 2 aromatic rings. The molecule has 0 spiro atoms. The smallest absolute Gasteiger partial charge is 0.282 e. The summed E-state index contributed by atoms with van der Waals surface area (Å²) in [6.45, 7) is 4.21. The fourth-order valence-electron chi connectivity index (χ4n) is 3.75. The fraction of sp³-hybridized carbons (Fsp3) is 0.524. The third-order valence-corrected chi connectivity index (χ3v) is 6.34. The predicted octanol–water partition coefficient (Wildman–Crippen LogP) is 1.86. The van der Waals surface area contributed by atoms with Gasteiger partial charge in [-0.25, -0.2) is 4.98 Å². The van der Waals surface area contributed by atoms with Gasteiger partial charge in [0.2, 0.25) is 0 Å². The lowest BCUT2D eigenvalue weighted by Crippen LogP contribution is -2.65. The first kappa shape index (κ1) is 20.3. The molecule has 1 aromatic carbocycles. The van der Waals surface area contributed by atoms with Gasteiger partial charge in [-0.3, -0.25) is 9.69 Å². The molecule has 0 aliphatic carbocycles. The minimum absolute atomic E-state index is 0.0212. The fourth-order valence-corrected chi connectivity index (χ4v) is 4.61. The Morgan fingerprint density at radius 2 is 2.00 bits per heavy atom. The summed E-state index contributed by atoms with van der Waals surface area (Å²) in [6, 6.07) is 10.2. The van der Waals surface area contributed by atoms with E-state index in [9.17, 15) is 4.79 Å². The van der Waals surface area contributed by atoms with Crippen molar-refractivity contribution in [3.63, 3.8) is 0 Å². The number of ether oxygens (including phenoxy) is 2. The Kier molecular flexibility index (Phi) is 6.44. The Labute approximate surface area is 175 Å². The molecule has 3 unspecified atom stereocenters. The Balaban J connectivity index is 1.42. The van der Waals surface area contributed by atoms with Crippen LogP contribution in [0, 0.1) is 0 Å². The molecule has 0 bridgehead atoms. The molecule has 156 valence electrons. The molecule has 3 heterocycles. The molecule has 4 rings (SSSR count). The predicted molar refractivity (Wildman–Crippen MR) is 112 cm³/mol. The molecule has 2 fully saturated rings. The van der Waals surface area contributed by atoms with Gasteiger partial charge in [-0.2, -0.15) is 0 Å². The molecule has 1 amide bonds. The number of hydrogen-bond acceptors (Lipinski definition) is 7. The van der Waals surface area contributed by atoms with Gasteiger partial charge in [0.1, 0.15) is 11.9 Å². The van der Waals surface area contributed by atoms with E-state index in [4.69, 9.17) is 9.47 Å². The van der Waals surface area contributed by atoms with Crippen LogP contribution >= 0.6 is 11.3 Å². The van der Waals surface area contributed by atoms with Gasteiger partial charge in [0, 0.05) is 33.4 Å². The standard InChI is InChI=1S/C21H28N4O3S/c1-24(2)21(26)20-23-11-16(29-20)14-27-17-12-22-13-18(19(17)25-9-6-10-25)28-15-7-4-3-5-8-15/h3-5,7-8,11,17-19,22H,6,9-10,12-14H2,1-2H3. The van der Waals surface area contributed by atoms with E-state index < -0.39 is 0 Å². The van der Waals surface area contributed by atoms with E-state index in [2.05, 4.69) is 15.2 Å². The van der Waals surface area contributed by atoms with Crippen molar-refractivity contribution >= 4 is 17.2 Å². The highest BCUT2D eigenvalue weighted by Gasteiger charge is 2.41. The molecule has 0 saturated carbocycles. The molecule has 3 atom stereocenters. The summed E-state index contributed by atoms with van der Waals surface area (Å²) in [7, 11) is 3.47. The Morgan fingerprint density at radius 1 is 1.24 bits per heavy atom. The van der Waals surface area contributed by atoms with Crippen LogP contribution in [0.2, 0.25) is 0 Å². The summed E-state index contributed by atoms with van der Waals surface area (Å²) >= 11 is 1.40. The summed E-state index contributed by atoms with van der Waals surface area (Å²) in [4.78, 5) is 21.3. The Hall–Kier alpha value is -2.00. The highest BCUT2D eigenvalue weighted by molar-refractivity contribution is 7.13. The number of aromatic nitrogens is 1. The van der Waals surface area contributed by atoms with Crippen LogP contribution in [0.25, 0.3) is 0 Å². The first-order valence-corrected chi connectivity index (χ1v) is 10.9. The highest BCUT2D eigenvalue weighted by atomic mass is 32.1. The number of nitrogens with one attached hydrogen (secondary N) is 1. The SMILES string of the molecule is CN(C)C(=O)c1ncc(COC2CNCC(Oc3ccccc3)C2N2CCC2)s1. The minimum Gasteiger partial charge on any atom is -0.487 e. The van der Waals surface area contributed by atoms with Crippen LogP contribution in [0.5, 0.6) is 5.75 Å². The molecule has 29 heavy (non-hydrogen) atoms. The number of rotatable bonds is 7. The van der Waals surface area contributed by atoms with Crippen molar-refractivity contribution in [3.8, 4) is 5.75 Å². The van der Waals surface area contributed by atoms with Gasteiger partial charge in [-0.05, 0) is 31.6 Å². The lowest BCUT2D eigenvalue weighted by Gasteiger charge is -2.48. The molecular weight excluding hydrogens is 388 g/mol. The van der Waals surface area contributed by atoms with Crippen molar-refractivity contribution < 1.29 is 14.3 Å². The number of carbonyl (C=O) groups is 1. The van der Waals surface area contributed by atoms with Gasteiger partial charge < -0.3 is 19.7 Å². The average Bonchev–Trinajstić information content (AvgIpc) is 3.16. The molecule has 0 radical (unpaired) electrons. The van der Waals surface area contributed by atoms with E-state index in [0.29, 0.717) is 11.6 Å². The zero-order valence-electron chi connectivity index (χ0n) is 16.9. The van der Waals surface area contributed by atoms with Crippen LogP contribution in [-0.2, 0) is 11.3 Å². The molecule has 1 aromatic heterocycles. The molecule has 7 nitrogen and oxygen atoms in total. The number of thiazole rings is 1. The van der Waals surface area contributed by atoms with E-state index in [1.807, 2.05) is 30.3 Å². The van der Waals surface area contributed by atoms with Gasteiger partial charge in [0.15, 0.2) is 5.01 Å². The zero-order valence-corrected chi connectivity index (χ0v) is 17.7. The van der Waals surface area contributed by atoms with Crippen molar-refractivity contribution in [2.24, 2.45) is 0 Å². The quantitative estimate of drug-likeness (QED) is 0.743. The van der Waals surface area contributed by atoms with E-state index in [-0.39, 0.29) is 24.2 Å². The van der Waals surface area contributed by atoms with Crippen molar-refractivity contribution in [3.05, 3.63) is 46.4 Å². The van der Waals surface area contributed by atoms with Gasteiger partial charge in [0.05, 0.1) is 23.6 Å². The van der Waals surface area contributed by atoms with Crippen molar-refractivity contribution in [1.29, 1.82) is 0 Å². The monoisotopic (exact) mass is 416 g/mol.